The molecule has 1 fully saturated rings. The normalized spacial score (nSPS) is 18.6. The van der Waals surface area contributed by atoms with Gasteiger partial charge < -0.3 is 10.1 Å². The summed E-state index contributed by atoms with van der Waals surface area (Å²) in [5.41, 5.74) is 0. The van der Waals surface area contributed by atoms with E-state index in [-0.39, 0.29) is 0 Å². The van der Waals surface area contributed by atoms with Crippen LogP contribution >= 0.6 is 0 Å². The van der Waals surface area contributed by atoms with Crippen molar-refractivity contribution in [3.63, 3.8) is 0 Å². The Morgan fingerprint density at radius 3 is 2.30 bits per heavy atom. The van der Waals surface area contributed by atoms with Gasteiger partial charge in [-0.1, -0.05) is 0 Å². The Hall–Kier alpha value is -0.370. The average molecular weight is 297 g/mol. The lowest BCUT2D eigenvalue weighted by Crippen LogP contribution is -2.50. The van der Waals surface area contributed by atoms with Crippen LogP contribution in [0.4, 0.5) is 13.2 Å². The second-order valence-corrected chi connectivity index (χ2v) is 5.03. The van der Waals surface area contributed by atoms with Crippen LogP contribution in [0.25, 0.3) is 0 Å². The van der Waals surface area contributed by atoms with E-state index in [1.54, 1.807) is 0 Å². The summed E-state index contributed by atoms with van der Waals surface area (Å²) in [5.74, 6) is 0. The predicted molar refractivity (Wildman–Crippen MR) is 72.9 cm³/mol. The van der Waals surface area contributed by atoms with Crippen molar-refractivity contribution in [1.29, 1.82) is 0 Å². The maximum atomic E-state index is 12.2. The lowest BCUT2D eigenvalue weighted by Gasteiger charge is -2.34. The molecule has 120 valence electrons. The SMILES string of the molecule is CCOCCCNCCN1CCN(CC(F)(F)F)CC1. The van der Waals surface area contributed by atoms with Crippen molar-refractivity contribution in [1.82, 2.24) is 15.1 Å². The Balaban J connectivity index is 1.97. The number of nitrogens with one attached hydrogen (secondary N) is 1. The standard InChI is InChI=1S/C13H26F3N3O/c1-2-20-11-3-4-17-5-6-18-7-9-19(10-8-18)12-13(14,15)16/h17H,2-12H2,1H3. The average Bonchev–Trinajstić information content (AvgIpc) is 2.38. The molecule has 0 spiro atoms. The molecule has 1 aliphatic heterocycles. The van der Waals surface area contributed by atoms with E-state index >= 15 is 0 Å². The molecule has 0 saturated carbocycles. The first-order valence-electron chi connectivity index (χ1n) is 7.31. The number of piperazine rings is 1. The highest BCUT2D eigenvalue weighted by atomic mass is 19.4. The first-order valence-corrected chi connectivity index (χ1v) is 7.31. The fourth-order valence-electron chi connectivity index (χ4n) is 2.23. The molecule has 1 rings (SSSR count). The molecule has 0 unspecified atom stereocenters. The molecule has 0 aliphatic carbocycles. The summed E-state index contributed by atoms with van der Waals surface area (Å²) in [4.78, 5) is 3.69. The van der Waals surface area contributed by atoms with Gasteiger partial charge in [0, 0.05) is 52.5 Å². The van der Waals surface area contributed by atoms with E-state index in [2.05, 4.69) is 10.2 Å². The summed E-state index contributed by atoms with van der Waals surface area (Å²) < 4.78 is 41.9. The molecular formula is C13H26F3N3O. The molecule has 0 amide bonds. The molecule has 1 saturated heterocycles. The minimum atomic E-state index is -4.08. The van der Waals surface area contributed by atoms with Crippen LogP contribution in [0.3, 0.4) is 0 Å². The summed E-state index contributed by atoms with van der Waals surface area (Å²) in [6, 6.07) is 0. The Labute approximate surface area is 119 Å². The molecule has 7 heteroatoms. The van der Waals surface area contributed by atoms with Gasteiger partial charge in [-0.2, -0.15) is 13.2 Å². The lowest BCUT2D eigenvalue weighted by atomic mass is 10.3. The fraction of sp³-hybridized carbons (Fsp3) is 1.00. The molecule has 0 aromatic carbocycles. The number of halogens is 3. The van der Waals surface area contributed by atoms with Crippen molar-refractivity contribution in [3.05, 3.63) is 0 Å². The van der Waals surface area contributed by atoms with Crippen molar-refractivity contribution in [2.24, 2.45) is 0 Å². The number of rotatable bonds is 9. The number of alkyl halides is 3. The number of hydrogen-bond acceptors (Lipinski definition) is 4. The van der Waals surface area contributed by atoms with Crippen LogP contribution in [-0.4, -0.2) is 81.5 Å². The second-order valence-electron chi connectivity index (χ2n) is 5.03. The highest BCUT2D eigenvalue weighted by Crippen LogP contribution is 2.17. The first-order chi connectivity index (χ1) is 9.51. The van der Waals surface area contributed by atoms with E-state index in [1.165, 1.54) is 4.90 Å². The molecule has 20 heavy (non-hydrogen) atoms. The molecule has 0 aromatic rings. The number of ether oxygens (including phenoxy) is 1. The van der Waals surface area contributed by atoms with Crippen LogP contribution in [0.2, 0.25) is 0 Å². The molecule has 1 heterocycles. The van der Waals surface area contributed by atoms with Crippen LogP contribution in [0.5, 0.6) is 0 Å². The van der Waals surface area contributed by atoms with Gasteiger partial charge in [-0.25, -0.2) is 0 Å². The molecule has 0 bridgehead atoms. The lowest BCUT2D eigenvalue weighted by molar-refractivity contribution is -0.149. The van der Waals surface area contributed by atoms with Gasteiger partial charge >= 0.3 is 6.18 Å². The highest BCUT2D eigenvalue weighted by Gasteiger charge is 2.31. The van der Waals surface area contributed by atoms with E-state index in [0.717, 1.165) is 52.4 Å². The third kappa shape index (κ3) is 8.73. The summed E-state index contributed by atoms with van der Waals surface area (Å²) in [6.07, 6.45) is -3.09. The van der Waals surface area contributed by atoms with Crippen LogP contribution in [0, 0.1) is 0 Å². The Kier molecular flexibility index (Phi) is 8.44. The molecule has 0 radical (unpaired) electrons. The summed E-state index contributed by atoms with van der Waals surface area (Å²) in [5, 5.41) is 3.33. The third-order valence-electron chi connectivity index (χ3n) is 3.32. The van der Waals surface area contributed by atoms with Gasteiger partial charge in [0.2, 0.25) is 0 Å². The largest absolute Gasteiger partial charge is 0.401 e. The van der Waals surface area contributed by atoms with E-state index in [9.17, 15) is 13.2 Å². The zero-order valence-electron chi connectivity index (χ0n) is 12.2. The molecule has 0 aromatic heterocycles. The highest BCUT2D eigenvalue weighted by molar-refractivity contribution is 4.74. The maximum Gasteiger partial charge on any atom is 0.401 e. The smallest absolute Gasteiger partial charge is 0.382 e. The van der Waals surface area contributed by atoms with Crippen LogP contribution in [0.1, 0.15) is 13.3 Å². The molecule has 0 atom stereocenters. The van der Waals surface area contributed by atoms with Crippen molar-refractivity contribution in [2.45, 2.75) is 19.5 Å². The van der Waals surface area contributed by atoms with Gasteiger partial charge in [-0.15, -0.1) is 0 Å². The van der Waals surface area contributed by atoms with Crippen molar-refractivity contribution >= 4 is 0 Å². The van der Waals surface area contributed by atoms with E-state index in [0.29, 0.717) is 13.1 Å². The van der Waals surface area contributed by atoms with Crippen molar-refractivity contribution in [3.8, 4) is 0 Å². The first kappa shape index (κ1) is 17.7. The second kappa shape index (κ2) is 9.55. The minimum Gasteiger partial charge on any atom is -0.382 e. The fourth-order valence-corrected chi connectivity index (χ4v) is 2.23. The van der Waals surface area contributed by atoms with Gasteiger partial charge in [0.25, 0.3) is 0 Å². The zero-order chi connectivity index (χ0) is 14.8. The van der Waals surface area contributed by atoms with Crippen LogP contribution in [-0.2, 0) is 4.74 Å². The summed E-state index contributed by atoms with van der Waals surface area (Å²) in [7, 11) is 0. The quantitative estimate of drug-likeness (QED) is 0.647. The van der Waals surface area contributed by atoms with E-state index in [1.807, 2.05) is 6.92 Å². The van der Waals surface area contributed by atoms with Gasteiger partial charge in [0.05, 0.1) is 6.54 Å². The van der Waals surface area contributed by atoms with Gasteiger partial charge in [0.15, 0.2) is 0 Å². The summed E-state index contributed by atoms with van der Waals surface area (Å²) >= 11 is 0. The van der Waals surface area contributed by atoms with Gasteiger partial charge in [-0.05, 0) is 19.9 Å². The third-order valence-corrected chi connectivity index (χ3v) is 3.32. The molecule has 1 N–H and O–H groups in total. The Morgan fingerprint density at radius 1 is 1.05 bits per heavy atom. The van der Waals surface area contributed by atoms with Gasteiger partial charge in [-0.3, -0.25) is 9.80 Å². The molecular weight excluding hydrogens is 271 g/mol. The molecule has 1 aliphatic rings. The van der Waals surface area contributed by atoms with Crippen LogP contribution in [0.15, 0.2) is 0 Å². The Bertz CT molecular complexity index is 244. The van der Waals surface area contributed by atoms with Crippen molar-refractivity contribution < 1.29 is 17.9 Å². The summed E-state index contributed by atoms with van der Waals surface area (Å²) in [6.45, 7) is 7.87. The topological polar surface area (TPSA) is 27.7 Å². The zero-order valence-corrected chi connectivity index (χ0v) is 12.2. The number of nitrogens with zero attached hydrogens (tertiary/aromatic N) is 2. The maximum absolute atomic E-state index is 12.2. The van der Waals surface area contributed by atoms with Crippen LogP contribution < -0.4 is 5.32 Å². The van der Waals surface area contributed by atoms with Crippen molar-refractivity contribution in [2.75, 3.05) is 65.6 Å². The minimum absolute atomic E-state index is 0.504. The number of hydrogen-bond donors (Lipinski definition) is 1. The van der Waals surface area contributed by atoms with Gasteiger partial charge in [0.1, 0.15) is 0 Å². The van der Waals surface area contributed by atoms with E-state index < -0.39 is 12.7 Å². The molecule has 4 nitrogen and oxygen atoms in total. The predicted octanol–water partition coefficient (Wildman–Crippen LogP) is 1.18. The Morgan fingerprint density at radius 2 is 1.70 bits per heavy atom. The monoisotopic (exact) mass is 297 g/mol. The van der Waals surface area contributed by atoms with E-state index in [4.69, 9.17) is 4.74 Å².